The van der Waals surface area contributed by atoms with E-state index in [0.29, 0.717) is 0 Å². The van der Waals surface area contributed by atoms with E-state index in [9.17, 15) is 0 Å². The molecule has 0 heterocycles. The summed E-state index contributed by atoms with van der Waals surface area (Å²) in [5.41, 5.74) is 5.01. The van der Waals surface area contributed by atoms with E-state index in [0.717, 1.165) is 12.2 Å². The van der Waals surface area contributed by atoms with E-state index in [4.69, 9.17) is 4.74 Å². The van der Waals surface area contributed by atoms with Crippen molar-refractivity contribution in [1.29, 1.82) is 0 Å². The van der Waals surface area contributed by atoms with Gasteiger partial charge in [0.05, 0.1) is 7.11 Å². The molecule has 112 valence electrons. The maximum atomic E-state index is 5.50. The van der Waals surface area contributed by atoms with Gasteiger partial charge in [0, 0.05) is 10.5 Å². The molecule has 2 nitrogen and oxygen atoms in total. The number of methoxy groups -OCH3 is 1. The van der Waals surface area contributed by atoms with Crippen LogP contribution < -0.4 is 10.1 Å². The van der Waals surface area contributed by atoms with Gasteiger partial charge in [-0.05, 0) is 50.1 Å². The van der Waals surface area contributed by atoms with E-state index in [1.165, 1.54) is 26.7 Å². The summed E-state index contributed by atoms with van der Waals surface area (Å²) in [6, 6.07) is 13.0. The molecule has 0 aliphatic heterocycles. The van der Waals surface area contributed by atoms with Crippen LogP contribution >= 0.6 is 15.9 Å². The summed E-state index contributed by atoms with van der Waals surface area (Å²) in [6.07, 6.45) is 0.892. The summed E-state index contributed by atoms with van der Waals surface area (Å²) in [7, 11) is 3.73. The van der Waals surface area contributed by atoms with Gasteiger partial charge < -0.3 is 10.1 Å². The van der Waals surface area contributed by atoms with Gasteiger partial charge in [-0.3, -0.25) is 0 Å². The lowest BCUT2D eigenvalue weighted by atomic mass is 9.96. The SMILES string of the molecule is CNC(Cc1cc(C)ccc1OC)c1cccc(C)c1Br. The number of nitrogens with one attached hydrogen (secondary N) is 1. The van der Waals surface area contributed by atoms with Crippen LogP contribution in [0.3, 0.4) is 0 Å². The highest BCUT2D eigenvalue weighted by Crippen LogP contribution is 2.31. The minimum atomic E-state index is 0.245. The van der Waals surface area contributed by atoms with Gasteiger partial charge in [0.25, 0.3) is 0 Å². The van der Waals surface area contributed by atoms with Crippen molar-refractivity contribution in [2.24, 2.45) is 0 Å². The number of aryl methyl sites for hydroxylation is 2. The Morgan fingerprint density at radius 1 is 1.19 bits per heavy atom. The molecule has 0 aliphatic carbocycles. The first-order valence-electron chi connectivity index (χ1n) is 7.12. The Morgan fingerprint density at radius 2 is 1.95 bits per heavy atom. The predicted octanol–water partition coefficient (Wildman–Crippen LogP) is 4.58. The highest BCUT2D eigenvalue weighted by molar-refractivity contribution is 9.10. The fourth-order valence-corrected chi connectivity index (χ4v) is 3.13. The number of rotatable bonds is 5. The van der Waals surface area contributed by atoms with Crippen molar-refractivity contribution in [3.63, 3.8) is 0 Å². The van der Waals surface area contributed by atoms with Crippen molar-refractivity contribution in [1.82, 2.24) is 5.32 Å². The maximum absolute atomic E-state index is 5.50. The van der Waals surface area contributed by atoms with Gasteiger partial charge in [-0.25, -0.2) is 0 Å². The van der Waals surface area contributed by atoms with E-state index in [-0.39, 0.29) is 6.04 Å². The van der Waals surface area contributed by atoms with Crippen LogP contribution in [0.4, 0.5) is 0 Å². The first-order chi connectivity index (χ1) is 10.1. The average molecular weight is 348 g/mol. The minimum Gasteiger partial charge on any atom is -0.496 e. The lowest BCUT2D eigenvalue weighted by Gasteiger charge is -2.21. The van der Waals surface area contributed by atoms with Gasteiger partial charge in [-0.2, -0.15) is 0 Å². The lowest BCUT2D eigenvalue weighted by molar-refractivity contribution is 0.406. The molecule has 1 unspecified atom stereocenters. The molecule has 0 aliphatic rings. The number of benzene rings is 2. The normalized spacial score (nSPS) is 12.2. The first kappa shape index (κ1) is 16.1. The van der Waals surface area contributed by atoms with Gasteiger partial charge in [0.2, 0.25) is 0 Å². The molecule has 3 heteroatoms. The standard InChI is InChI=1S/C18H22BrNO/c1-12-8-9-17(21-4)14(10-12)11-16(20-3)15-7-5-6-13(2)18(15)19/h5-10,16,20H,11H2,1-4H3. The molecule has 0 radical (unpaired) electrons. The zero-order chi connectivity index (χ0) is 15.4. The molecule has 0 saturated heterocycles. The van der Waals surface area contributed by atoms with Crippen LogP contribution in [0.1, 0.15) is 28.3 Å². The van der Waals surface area contributed by atoms with Crippen LogP contribution in [0.2, 0.25) is 0 Å². The summed E-state index contributed by atoms with van der Waals surface area (Å²) in [5, 5.41) is 3.42. The van der Waals surface area contributed by atoms with Crippen LogP contribution in [0.5, 0.6) is 5.75 Å². The van der Waals surface area contributed by atoms with Crippen LogP contribution in [0.15, 0.2) is 40.9 Å². The van der Waals surface area contributed by atoms with Crippen molar-refractivity contribution in [3.8, 4) is 5.75 Å². The van der Waals surface area contributed by atoms with E-state index in [1.807, 2.05) is 13.1 Å². The number of hydrogen-bond donors (Lipinski definition) is 1. The first-order valence-corrected chi connectivity index (χ1v) is 7.92. The van der Waals surface area contributed by atoms with E-state index < -0.39 is 0 Å². The van der Waals surface area contributed by atoms with Gasteiger partial charge in [-0.1, -0.05) is 51.8 Å². The Labute approximate surface area is 135 Å². The molecule has 0 fully saturated rings. The Hall–Kier alpha value is -1.32. The molecule has 2 aromatic rings. The Morgan fingerprint density at radius 3 is 2.62 bits per heavy atom. The summed E-state index contributed by atoms with van der Waals surface area (Å²) in [6.45, 7) is 4.23. The maximum Gasteiger partial charge on any atom is 0.122 e. The molecule has 1 N–H and O–H groups in total. The van der Waals surface area contributed by atoms with Crippen molar-refractivity contribution in [3.05, 3.63) is 63.1 Å². The quantitative estimate of drug-likeness (QED) is 0.854. The third kappa shape index (κ3) is 3.66. The van der Waals surface area contributed by atoms with Crippen molar-refractivity contribution in [2.45, 2.75) is 26.3 Å². The molecule has 2 aromatic carbocycles. The second-order valence-corrected chi connectivity index (χ2v) is 6.13. The Kier molecular flexibility index (Phi) is 5.43. The fraction of sp³-hybridized carbons (Fsp3) is 0.333. The van der Waals surface area contributed by atoms with E-state index in [2.05, 4.69) is 65.4 Å². The van der Waals surface area contributed by atoms with Gasteiger partial charge >= 0.3 is 0 Å². The molecule has 0 amide bonds. The topological polar surface area (TPSA) is 21.3 Å². The highest BCUT2D eigenvalue weighted by Gasteiger charge is 2.16. The average Bonchev–Trinajstić information content (AvgIpc) is 2.48. The summed E-state index contributed by atoms with van der Waals surface area (Å²) >= 11 is 3.71. The summed E-state index contributed by atoms with van der Waals surface area (Å²) in [4.78, 5) is 0. The molecule has 2 rings (SSSR count). The van der Waals surface area contributed by atoms with Crippen LogP contribution in [0.25, 0.3) is 0 Å². The largest absolute Gasteiger partial charge is 0.496 e. The second-order valence-electron chi connectivity index (χ2n) is 5.34. The Bertz CT molecular complexity index is 625. The molecule has 1 atom stereocenters. The smallest absolute Gasteiger partial charge is 0.122 e. The molecular weight excluding hydrogens is 326 g/mol. The molecule has 0 bridgehead atoms. The molecule has 0 aromatic heterocycles. The van der Waals surface area contributed by atoms with Gasteiger partial charge in [-0.15, -0.1) is 0 Å². The number of halogens is 1. The van der Waals surface area contributed by atoms with Crippen molar-refractivity contribution in [2.75, 3.05) is 14.2 Å². The second kappa shape index (κ2) is 7.10. The van der Waals surface area contributed by atoms with E-state index >= 15 is 0 Å². The lowest BCUT2D eigenvalue weighted by Crippen LogP contribution is -2.20. The minimum absolute atomic E-state index is 0.245. The van der Waals surface area contributed by atoms with E-state index in [1.54, 1.807) is 7.11 Å². The third-order valence-electron chi connectivity index (χ3n) is 3.81. The monoisotopic (exact) mass is 347 g/mol. The molecular formula is C18H22BrNO. The summed E-state index contributed by atoms with van der Waals surface area (Å²) in [5.74, 6) is 0.949. The molecule has 0 saturated carbocycles. The van der Waals surface area contributed by atoms with Crippen LogP contribution in [-0.4, -0.2) is 14.2 Å². The van der Waals surface area contributed by atoms with Gasteiger partial charge in [0.15, 0.2) is 0 Å². The zero-order valence-corrected chi connectivity index (χ0v) is 14.6. The highest BCUT2D eigenvalue weighted by atomic mass is 79.9. The summed E-state index contributed by atoms with van der Waals surface area (Å²) < 4.78 is 6.67. The number of likely N-dealkylation sites (N-methyl/N-ethyl adjacent to an activating group) is 1. The van der Waals surface area contributed by atoms with Crippen molar-refractivity contribution < 1.29 is 4.74 Å². The fourth-order valence-electron chi connectivity index (χ4n) is 2.59. The Balaban J connectivity index is 2.35. The van der Waals surface area contributed by atoms with Crippen molar-refractivity contribution >= 4 is 15.9 Å². The number of ether oxygens (including phenoxy) is 1. The van der Waals surface area contributed by atoms with Crippen LogP contribution in [-0.2, 0) is 6.42 Å². The number of hydrogen-bond acceptors (Lipinski definition) is 2. The zero-order valence-electron chi connectivity index (χ0n) is 13.0. The third-order valence-corrected chi connectivity index (χ3v) is 4.89. The van der Waals surface area contributed by atoms with Gasteiger partial charge in [0.1, 0.15) is 5.75 Å². The molecule has 0 spiro atoms. The van der Waals surface area contributed by atoms with Crippen LogP contribution in [0, 0.1) is 13.8 Å². The molecule has 21 heavy (non-hydrogen) atoms. The predicted molar refractivity (Wildman–Crippen MR) is 92.1 cm³/mol.